The normalized spacial score (nSPS) is 10.9. The lowest BCUT2D eigenvalue weighted by molar-refractivity contribution is 0.0693. The molecule has 0 saturated heterocycles. The predicted molar refractivity (Wildman–Crippen MR) is 73.9 cm³/mol. The molecular weight excluding hydrogens is 260 g/mol. The predicted octanol–water partition coefficient (Wildman–Crippen LogP) is 2.88. The Hall–Kier alpha value is -2.14. The number of thiophene rings is 1. The lowest BCUT2D eigenvalue weighted by atomic mass is 10.2. The van der Waals surface area contributed by atoms with Gasteiger partial charge in [-0.15, -0.1) is 11.3 Å². The van der Waals surface area contributed by atoms with Crippen molar-refractivity contribution in [3.63, 3.8) is 0 Å². The Morgan fingerprint density at radius 1 is 1.26 bits per heavy atom. The first-order chi connectivity index (χ1) is 9.25. The van der Waals surface area contributed by atoms with Crippen LogP contribution in [0.5, 0.6) is 0 Å². The number of rotatable bonds is 4. The number of carboxylic acid groups (broad SMARTS) is 1. The molecule has 3 aromatic heterocycles. The first-order valence-electron chi connectivity index (χ1n) is 5.97. The number of carboxylic acids is 1. The number of aromatic nitrogens is 2. The second kappa shape index (κ2) is 4.85. The Bertz CT molecular complexity index is 716. The zero-order valence-electron chi connectivity index (χ0n) is 10.1. The van der Waals surface area contributed by atoms with Crippen LogP contribution in [-0.4, -0.2) is 20.5 Å². The summed E-state index contributed by atoms with van der Waals surface area (Å²) in [5.74, 6) is -0.188. The average molecular weight is 272 g/mol. The molecule has 0 unspecified atom stereocenters. The quantitative estimate of drug-likeness (QED) is 0.794. The van der Waals surface area contributed by atoms with Gasteiger partial charge in [-0.3, -0.25) is 0 Å². The SMILES string of the molecule is O=C(O)c1nc(CCc2cccs2)n2ccccc12. The minimum Gasteiger partial charge on any atom is -0.476 e. The number of pyridine rings is 1. The zero-order chi connectivity index (χ0) is 13.2. The van der Waals surface area contributed by atoms with Gasteiger partial charge in [-0.25, -0.2) is 9.78 Å². The van der Waals surface area contributed by atoms with Gasteiger partial charge >= 0.3 is 5.97 Å². The highest BCUT2D eigenvalue weighted by Gasteiger charge is 2.15. The van der Waals surface area contributed by atoms with E-state index in [-0.39, 0.29) is 5.69 Å². The average Bonchev–Trinajstić information content (AvgIpc) is 3.04. The van der Waals surface area contributed by atoms with E-state index in [1.165, 1.54) is 4.88 Å². The molecule has 19 heavy (non-hydrogen) atoms. The van der Waals surface area contributed by atoms with Crippen LogP contribution >= 0.6 is 11.3 Å². The second-order valence-corrected chi connectivity index (χ2v) is 5.25. The molecule has 0 atom stereocenters. The fourth-order valence-corrected chi connectivity index (χ4v) is 2.83. The summed E-state index contributed by atoms with van der Waals surface area (Å²) < 4.78 is 1.86. The van der Waals surface area contributed by atoms with Gasteiger partial charge in [0.1, 0.15) is 5.82 Å². The number of fused-ring (bicyclic) bond motifs is 1. The van der Waals surface area contributed by atoms with Crippen molar-refractivity contribution in [3.05, 3.63) is 58.3 Å². The molecule has 0 spiro atoms. The van der Waals surface area contributed by atoms with Crippen LogP contribution < -0.4 is 0 Å². The van der Waals surface area contributed by atoms with Gasteiger partial charge in [-0.2, -0.15) is 0 Å². The number of hydrogen-bond donors (Lipinski definition) is 1. The van der Waals surface area contributed by atoms with Crippen LogP contribution in [0.3, 0.4) is 0 Å². The van der Waals surface area contributed by atoms with E-state index in [0.717, 1.165) is 18.7 Å². The third kappa shape index (κ3) is 2.24. The van der Waals surface area contributed by atoms with Crippen molar-refractivity contribution in [3.8, 4) is 0 Å². The maximum atomic E-state index is 11.2. The molecule has 0 aliphatic heterocycles. The minimum atomic E-state index is -0.980. The molecule has 0 bridgehead atoms. The number of aryl methyl sites for hydroxylation is 2. The van der Waals surface area contributed by atoms with Crippen molar-refractivity contribution >= 4 is 22.8 Å². The maximum absolute atomic E-state index is 11.2. The summed E-state index contributed by atoms with van der Waals surface area (Å²) in [6, 6.07) is 9.59. The number of carbonyl (C=O) groups is 1. The summed E-state index contributed by atoms with van der Waals surface area (Å²) in [7, 11) is 0. The number of nitrogens with zero attached hydrogens (tertiary/aromatic N) is 2. The molecular formula is C14H12N2O2S. The first-order valence-corrected chi connectivity index (χ1v) is 6.85. The van der Waals surface area contributed by atoms with Crippen molar-refractivity contribution in [2.45, 2.75) is 12.8 Å². The summed E-state index contributed by atoms with van der Waals surface area (Å²) in [6.45, 7) is 0. The molecule has 3 aromatic rings. The molecule has 4 nitrogen and oxygen atoms in total. The van der Waals surface area contributed by atoms with Gasteiger partial charge in [-0.1, -0.05) is 12.1 Å². The Labute approximate surface area is 114 Å². The fourth-order valence-electron chi connectivity index (χ4n) is 2.12. The molecule has 0 saturated carbocycles. The molecule has 0 aliphatic carbocycles. The Balaban J connectivity index is 1.97. The van der Waals surface area contributed by atoms with Gasteiger partial charge in [0.2, 0.25) is 0 Å². The summed E-state index contributed by atoms with van der Waals surface area (Å²) in [5.41, 5.74) is 0.776. The van der Waals surface area contributed by atoms with E-state index < -0.39 is 5.97 Å². The van der Waals surface area contributed by atoms with E-state index in [0.29, 0.717) is 5.52 Å². The van der Waals surface area contributed by atoms with Crippen LogP contribution in [0.25, 0.3) is 5.52 Å². The van der Waals surface area contributed by atoms with Crippen LogP contribution in [0.15, 0.2) is 41.9 Å². The van der Waals surface area contributed by atoms with Gasteiger partial charge in [-0.05, 0) is 30.0 Å². The number of imidazole rings is 1. The molecule has 3 heterocycles. The van der Waals surface area contributed by atoms with Crippen LogP contribution in [0, 0.1) is 0 Å². The molecule has 5 heteroatoms. The van der Waals surface area contributed by atoms with Crippen molar-refractivity contribution in [2.24, 2.45) is 0 Å². The largest absolute Gasteiger partial charge is 0.476 e. The highest BCUT2D eigenvalue weighted by molar-refractivity contribution is 7.09. The van der Waals surface area contributed by atoms with E-state index >= 15 is 0 Å². The summed E-state index contributed by atoms with van der Waals surface area (Å²) >= 11 is 1.71. The molecule has 0 radical (unpaired) electrons. The topological polar surface area (TPSA) is 54.6 Å². The van der Waals surface area contributed by atoms with Crippen molar-refractivity contribution in [2.75, 3.05) is 0 Å². The molecule has 0 amide bonds. The van der Waals surface area contributed by atoms with Gasteiger partial charge in [0.25, 0.3) is 0 Å². The molecule has 96 valence electrons. The molecule has 0 aliphatic rings. The van der Waals surface area contributed by atoms with Crippen LogP contribution in [-0.2, 0) is 12.8 Å². The van der Waals surface area contributed by atoms with Crippen LogP contribution in [0.4, 0.5) is 0 Å². The molecule has 0 fully saturated rings. The van der Waals surface area contributed by atoms with Crippen LogP contribution in [0.2, 0.25) is 0 Å². The zero-order valence-corrected chi connectivity index (χ0v) is 10.9. The molecule has 1 N–H and O–H groups in total. The summed E-state index contributed by atoms with van der Waals surface area (Å²) in [4.78, 5) is 16.7. The number of aromatic carboxylic acids is 1. The van der Waals surface area contributed by atoms with E-state index in [4.69, 9.17) is 0 Å². The lowest BCUT2D eigenvalue weighted by Gasteiger charge is -1.99. The van der Waals surface area contributed by atoms with E-state index in [1.807, 2.05) is 34.2 Å². The van der Waals surface area contributed by atoms with E-state index in [1.54, 1.807) is 17.4 Å². The summed E-state index contributed by atoms with van der Waals surface area (Å²) in [6.07, 6.45) is 3.47. The molecule has 0 aromatic carbocycles. The monoisotopic (exact) mass is 272 g/mol. The van der Waals surface area contributed by atoms with Gasteiger partial charge < -0.3 is 9.51 Å². The minimum absolute atomic E-state index is 0.127. The Morgan fingerprint density at radius 3 is 2.89 bits per heavy atom. The van der Waals surface area contributed by atoms with E-state index in [2.05, 4.69) is 11.1 Å². The van der Waals surface area contributed by atoms with Crippen molar-refractivity contribution < 1.29 is 9.90 Å². The highest BCUT2D eigenvalue weighted by Crippen LogP contribution is 2.16. The third-order valence-electron chi connectivity index (χ3n) is 3.00. The number of hydrogen-bond acceptors (Lipinski definition) is 3. The first kappa shape index (κ1) is 11.9. The summed E-state index contributed by atoms with van der Waals surface area (Å²) in [5, 5.41) is 11.2. The second-order valence-electron chi connectivity index (χ2n) is 4.22. The third-order valence-corrected chi connectivity index (χ3v) is 3.94. The maximum Gasteiger partial charge on any atom is 0.356 e. The highest BCUT2D eigenvalue weighted by atomic mass is 32.1. The van der Waals surface area contributed by atoms with Crippen LogP contribution in [0.1, 0.15) is 21.2 Å². The van der Waals surface area contributed by atoms with Crippen molar-refractivity contribution in [1.82, 2.24) is 9.38 Å². The smallest absolute Gasteiger partial charge is 0.356 e. The van der Waals surface area contributed by atoms with E-state index in [9.17, 15) is 9.90 Å². The Morgan fingerprint density at radius 2 is 2.16 bits per heavy atom. The molecule has 3 rings (SSSR count). The van der Waals surface area contributed by atoms with Gasteiger partial charge in [0.15, 0.2) is 5.69 Å². The fraction of sp³-hybridized carbons (Fsp3) is 0.143. The standard InChI is InChI=1S/C14H12N2O2S/c17-14(18)13-11-5-1-2-8-16(11)12(15-13)7-6-10-4-3-9-19-10/h1-5,8-9H,6-7H2,(H,17,18). The Kier molecular flexibility index (Phi) is 3.05. The lowest BCUT2D eigenvalue weighted by Crippen LogP contribution is -1.98. The van der Waals surface area contributed by atoms with Gasteiger partial charge in [0, 0.05) is 17.5 Å². The van der Waals surface area contributed by atoms with Gasteiger partial charge in [0.05, 0.1) is 5.52 Å². The van der Waals surface area contributed by atoms with Crippen molar-refractivity contribution in [1.29, 1.82) is 0 Å².